The molecule has 1 amide bonds. The van der Waals surface area contributed by atoms with E-state index in [1.54, 1.807) is 49.8 Å². The summed E-state index contributed by atoms with van der Waals surface area (Å²) < 4.78 is 5.19. The predicted octanol–water partition coefficient (Wildman–Crippen LogP) is 5.01. The standard InChI is InChI=1S/C28H28N2O4/c1-28(2,3)21-11-7-19(8-12-21)24-23(25(31)20-9-13-22(34-4)14-10-20)26(32)27(33)30(24)17-18-6-5-15-29-16-18/h5-16,24,31H,17H2,1-4H3/b25-23+/t24-/m0/s1. The van der Waals surface area contributed by atoms with E-state index in [0.29, 0.717) is 11.3 Å². The fourth-order valence-corrected chi connectivity index (χ4v) is 4.15. The van der Waals surface area contributed by atoms with Crippen LogP contribution in [-0.2, 0) is 21.5 Å². The molecule has 2 aromatic carbocycles. The van der Waals surface area contributed by atoms with Crippen molar-refractivity contribution in [3.63, 3.8) is 0 Å². The summed E-state index contributed by atoms with van der Waals surface area (Å²) in [5.41, 5.74) is 3.16. The van der Waals surface area contributed by atoms with Crippen LogP contribution in [-0.4, -0.2) is 33.8 Å². The number of benzene rings is 2. The highest BCUT2D eigenvalue weighted by molar-refractivity contribution is 6.46. The van der Waals surface area contributed by atoms with Crippen LogP contribution in [0.25, 0.3) is 5.76 Å². The maximum atomic E-state index is 13.2. The van der Waals surface area contributed by atoms with Gasteiger partial charge in [-0.05, 0) is 52.4 Å². The van der Waals surface area contributed by atoms with E-state index in [9.17, 15) is 14.7 Å². The van der Waals surface area contributed by atoms with Crippen LogP contribution in [0.2, 0.25) is 0 Å². The highest BCUT2D eigenvalue weighted by Crippen LogP contribution is 2.41. The maximum Gasteiger partial charge on any atom is 0.295 e. The van der Waals surface area contributed by atoms with Crippen LogP contribution in [0, 0.1) is 0 Å². The molecule has 0 spiro atoms. The molecule has 1 aliphatic heterocycles. The number of ether oxygens (including phenoxy) is 1. The fourth-order valence-electron chi connectivity index (χ4n) is 4.15. The molecule has 0 aliphatic carbocycles. The molecule has 1 aromatic heterocycles. The highest BCUT2D eigenvalue weighted by atomic mass is 16.5. The molecule has 1 fully saturated rings. The summed E-state index contributed by atoms with van der Waals surface area (Å²) in [6.07, 6.45) is 3.33. The normalized spacial score (nSPS) is 17.8. The topological polar surface area (TPSA) is 79.7 Å². The van der Waals surface area contributed by atoms with Crippen molar-refractivity contribution in [2.24, 2.45) is 0 Å². The van der Waals surface area contributed by atoms with Gasteiger partial charge in [0.2, 0.25) is 0 Å². The van der Waals surface area contributed by atoms with Crippen LogP contribution >= 0.6 is 0 Å². The number of aromatic nitrogens is 1. The molecule has 1 aliphatic rings. The Morgan fingerprint density at radius 2 is 1.71 bits per heavy atom. The van der Waals surface area contributed by atoms with E-state index in [1.165, 1.54) is 4.90 Å². The van der Waals surface area contributed by atoms with Gasteiger partial charge in [-0.2, -0.15) is 0 Å². The van der Waals surface area contributed by atoms with Gasteiger partial charge in [0.05, 0.1) is 18.7 Å². The molecular formula is C28H28N2O4. The van der Waals surface area contributed by atoms with Crippen molar-refractivity contribution in [2.45, 2.75) is 38.8 Å². The first kappa shape index (κ1) is 23.2. The zero-order valence-electron chi connectivity index (χ0n) is 19.8. The molecule has 0 saturated carbocycles. The second-order valence-electron chi connectivity index (χ2n) is 9.39. The van der Waals surface area contributed by atoms with Crippen molar-refractivity contribution in [1.29, 1.82) is 0 Å². The van der Waals surface area contributed by atoms with Crippen LogP contribution < -0.4 is 4.74 Å². The number of pyridine rings is 1. The molecule has 3 aromatic rings. The molecule has 0 bridgehead atoms. The van der Waals surface area contributed by atoms with Gasteiger partial charge >= 0.3 is 0 Å². The quantitative estimate of drug-likeness (QED) is 0.332. The molecule has 174 valence electrons. The molecule has 4 rings (SSSR count). The van der Waals surface area contributed by atoms with Gasteiger partial charge in [-0.1, -0.05) is 51.1 Å². The Bertz CT molecular complexity index is 1220. The van der Waals surface area contributed by atoms with E-state index in [-0.39, 0.29) is 23.3 Å². The van der Waals surface area contributed by atoms with Crippen molar-refractivity contribution in [1.82, 2.24) is 9.88 Å². The minimum Gasteiger partial charge on any atom is -0.507 e. The second kappa shape index (κ2) is 9.14. The number of rotatable bonds is 5. The van der Waals surface area contributed by atoms with E-state index in [2.05, 4.69) is 25.8 Å². The summed E-state index contributed by atoms with van der Waals surface area (Å²) in [4.78, 5) is 32.0. The van der Waals surface area contributed by atoms with Crippen molar-refractivity contribution >= 4 is 17.4 Å². The Morgan fingerprint density at radius 3 is 2.26 bits per heavy atom. The zero-order chi connectivity index (χ0) is 24.5. The number of aliphatic hydroxyl groups excluding tert-OH is 1. The van der Waals surface area contributed by atoms with Gasteiger partial charge in [-0.25, -0.2) is 0 Å². The van der Waals surface area contributed by atoms with Crippen molar-refractivity contribution in [2.75, 3.05) is 7.11 Å². The number of methoxy groups -OCH3 is 1. The number of nitrogens with zero attached hydrogens (tertiary/aromatic N) is 2. The minimum atomic E-state index is -0.726. The fraction of sp³-hybridized carbons (Fsp3) is 0.250. The predicted molar refractivity (Wildman–Crippen MR) is 130 cm³/mol. The Labute approximate surface area is 199 Å². The average Bonchev–Trinajstić information content (AvgIpc) is 3.09. The van der Waals surface area contributed by atoms with Gasteiger partial charge in [0.15, 0.2) is 0 Å². The van der Waals surface area contributed by atoms with Crippen LogP contribution in [0.4, 0.5) is 0 Å². The van der Waals surface area contributed by atoms with Crippen LogP contribution in [0.3, 0.4) is 0 Å². The summed E-state index contributed by atoms with van der Waals surface area (Å²) in [7, 11) is 1.56. The Hall–Kier alpha value is -3.93. The Kier molecular flexibility index (Phi) is 6.24. The number of likely N-dealkylation sites (tertiary alicyclic amines) is 1. The van der Waals surface area contributed by atoms with E-state index >= 15 is 0 Å². The third-order valence-electron chi connectivity index (χ3n) is 6.07. The molecule has 1 saturated heterocycles. The minimum absolute atomic E-state index is 0.0425. The van der Waals surface area contributed by atoms with Crippen LogP contribution in [0.5, 0.6) is 5.75 Å². The van der Waals surface area contributed by atoms with E-state index < -0.39 is 17.7 Å². The number of amides is 1. The van der Waals surface area contributed by atoms with Crippen molar-refractivity contribution in [3.05, 3.63) is 101 Å². The molecule has 2 heterocycles. The van der Waals surface area contributed by atoms with E-state index in [4.69, 9.17) is 4.74 Å². The van der Waals surface area contributed by atoms with Crippen LogP contribution in [0.1, 0.15) is 49.1 Å². The highest BCUT2D eigenvalue weighted by Gasteiger charge is 2.46. The molecule has 6 nitrogen and oxygen atoms in total. The third kappa shape index (κ3) is 4.44. The van der Waals surface area contributed by atoms with Crippen LogP contribution in [0.15, 0.2) is 78.6 Å². The average molecular weight is 457 g/mol. The van der Waals surface area contributed by atoms with Gasteiger partial charge < -0.3 is 14.7 Å². The largest absolute Gasteiger partial charge is 0.507 e. The van der Waals surface area contributed by atoms with Gasteiger partial charge in [0.1, 0.15) is 11.5 Å². The van der Waals surface area contributed by atoms with E-state index in [0.717, 1.165) is 16.7 Å². The lowest BCUT2D eigenvalue weighted by Gasteiger charge is -2.26. The number of carbonyl (C=O) groups is 2. The molecule has 1 atom stereocenters. The number of hydrogen-bond donors (Lipinski definition) is 1. The lowest BCUT2D eigenvalue weighted by molar-refractivity contribution is -0.140. The Morgan fingerprint density at radius 1 is 1.03 bits per heavy atom. The summed E-state index contributed by atoms with van der Waals surface area (Å²) in [5.74, 6) is -0.937. The van der Waals surface area contributed by atoms with Gasteiger partial charge in [0, 0.05) is 24.5 Å². The summed E-state index contributed by atoms with van der Waals surface area (Å²) >= 11 is 0. The van der Waals surface area contributed by atoms with Crippen molar-refractivity contribution < 1.29 is 19.4 Å². The molecule has 34 heavy (non-hydrogen) atoms. The molecule has 0 unspecified atom stereocenters. The first-order valence-electron chi connectivity index (χ1n) is 11.1. The number of ketones is 1. The number of hydrogen-bond acceptors (Lipinski definition) is 5. The second-order valence-corrected chi connectivity index (χ2v) is 9.39. The molecule has 0 radical (unpaired) electrons. The lowest BCUT2D eigenvalue weighted by atomic mass is 9.85. The molecule has 1 N–H and O–H groups in total. The van der Waals surface area contributed by atoms with Gasteiger partial charge in [0.25, 0.3) is 11.7 Å². The first-order valence-corrected chi connectivity index (χ1v) is 11.1. The lowest BCUT2D eigenvalue weighted by Crippen LogP contribution is -2.29. The Balaban J connectivity index is 1.84. The number of Topliss-reactive ketones (excluding diaryl/α,β-unsaturated/α-hetero) is 1. The number of aliphatic hydroxyl groups is 1. The summed E-state index contributed by atoms with van der Waals surface area (Å²) in [6.45, 7) is 6.57. The monoisotopic (exact) mass is 456 g/mol. The molecular weight excluding hydrogens is 428 g/mol. The first-order chi connectivity index (χ1) is 16.2. The SMILES string of the molecule is COc1ccc(/C(O)=C2\C(=O)C(=O)N(Cc3cccnc3)[C@H]2c2ccc(C(C)(C)C)cc2)cc1. The summed E-state index contributed by atoms with van der Waals surface area (Å²) in [6, 6.07) is 17.5. The van der Waals surface area contributed by atoms with Gasteiger partial charge in [-0.3, -0.25) is 14.6 Å². The smallest absolute Gasteiger partial charge is 0.295 e. The van der Waals surface area contributed by atoms with Crippen molar-refractivity contribution in [3.8, 4) is 5.75 Å². The maximum absolute atomic E-state index is 13.2. The zero-order valence-corrected chi connectivity index (χ0v) is 19.8. The number of carbonyl (C=O) groups excluding carboxylic acids is 2. The van der Waals surface area contributed by atoms with Gasteiger partial charge in [-0.15, -0.1) is 0 Å². The van der Waals surface area contributed by atoms with E-state index in [1.807, 2.05) is 30.3 Å². The molecule has 6 heteroatoms. The summed E-state index contributed by atoms with van der Waals surface area (Å²) in [5, 5.41) is 11.2. The third-order valence-corrected chi connectivity index (χ3v) is 6.07.